The number of aromatic nitrogens is 2. The molecule has 0 saturated carbocycles. The quantitative estimate of drug-likeness (QED) is 0.633. The maximum atomic E-state index is 11.1. The minimum Gasteiger partial charge on any atom is -0.481 e. The van der Waals surface area contributed by atoms with E-state index in [0.717, 1.165) is 0 Å². The van der Waals surface area contributed by atoms with Gasteiger partial charge in [-0.3, -0.25) is 14.9 Å². The van der Waals surface area contributed by atoms with Crippen molar-refractivity contribution in [2.24, 2.45) is 5.92 Å². The molecular weight excluding hydrogens is 268 g/mol. The van der Waals surface area contributed by atoms with E-state index in [-0.39, 0.29) is 17.4 Å². The van der Waals surface area contributed by atoms with Crippen LogP contribution in [0.5, 0.6) is 5.88 Å². The summed E-state index contributed by atoms with van der Waals surface area (Å²) in [5.74, 6) is -1.17. The van der Waals surface area contributed by atoms with Crippen LogP contribution < -0.4 is 9.64 Å². The van der Waals surface area contributed by atoms with Crippen molar-refractivity contribution in [3.63, 3.8) is 0 Å². The maximum absolute atomic E-state index is 11.1. The van der Waals surface area contributed by atoms with E-state index in [4.69, 9.17) is 9.84 Å². The van der Waals surface area contributed by atoms with Crippen LogP contribution in [0.15, 0.2) is 6.33 Å². The average molecular weight is 282 g/mol. The lowest BCUT2D eigenvalue weighted by molar-refractivity contribution is -0.385. The molecule has 0 aliphatic carbocycles. The second kappa shape index (κ2) is 5.68. The molecule has 9 heteroatoms. The number of hydrogen-bond donors (Lipinski definition) is 1. The van der Waals surface area contributed by atoms with E-state index >= 15 is 0 Å². The Hall–Kier alpha value is -2.45. The molecule has 0 atom stereocenters. The first-order valence-corrected chi connectivity index (χ1v) is 6.05. The number of hydrogen-bond acceptors (Lipinski definition) is 7. The minimum atomic E-state index is -0.834. The lowest BCUT2D eigenvalue weighted by atomic mass is 9.97. The van der Waals surface area contributed by atoms with Crippen LogP contribution in [0.25, 0.3) is 0 Å². The number of ether oxygens (including phenoxy) is 1. The summed E-state index contributed by atoms with van der Waals surface area (Å²) in [6.45, 7) is 0.802. The van der Waals surface area contributed by atoms with Gasteiger partial charge in [-0.15, -0.1) is 0 Å². The van der Waals surface area contributed by atoms with Gasteiger partial charge in [-0.25, -0.2) is 4.98 Å². The number of nitrogens with zero attached hydrogens (tertiary/aromatic N) is 4. The predicted molar refractivity (Wildman–Crippen MR) is 67.8 cm³/mol. The molecule has 0 bridgehead atoms. The van der Waals surface area contributed by atoms with Crippen molar-refractivity contribution >= 4 is 17.5 Å². The SMILES string of the molecule is COc1ncnc(N2CCC(C(=O)O)CC2)c1[N+](=O)[O-]. The van der Waals surface area contributed by atoms with Gasteiger partial charge < -0.3 is 14.7 Å². The summed E-state index contributed by atoms with van der Waals surface area (Å²) in [5.41, 5.74) is -0.288. The molecule has 0 aromatic carbocycles. The summed E-state index contributed by atoms with van der Waals surface area (Å²) >= 11 is 0. The molecule has 0 unspecified atom stereocenters. The third-order valence-electron chi connectivity index (χ3n) is 3.29. The lowest BCUT2D eigenvalue weighted by Crippen LogP contribution is -2.37. The molecule has 0 radical (unpaired) electrons. The highest BCUT2D eigenvalue weighted by Gasteiger charge is 2.32. The van der Waals surface area contributed by atoms with Gasteiger partial charge in [-0.2, -0.15) is 4.98 Å². The third kappa shape index (κ3) is 2.60. The van der Waals surface area contributed by atoms with Crippen LogP contribution in [-0.4, -0.2) is 46.2 Å². The molecule has 1 fully saturated rings. The Morgan fingerprint density at radius 2 is 2.15 bits per heavy atom. The Bertz CT molecular complexity index is 528. The molecule has 1 N–H and O–H groups in total. The van der Waals surface area contributed by atoms with Crippen molar-refractivity contribution in [3.05, 3.63) is 16.4 Å². The molecule has 108 valence electrons. The number of piperidine rings is 1. The van der Waals surface area contributed by atoms with E-state index in [1.54, 1.807) is 4.90 Å². The van der Waals surface area contributed by atoms with Gasteiger partial charge in [-0.1, -0.05) is 0 Å². The minimum absolute atomic E-state index is 0.0969. The van der Waals surface area contributed by atoms with Gasteiger partial charge in [0.2, 0.25) is 5.82 Å². The number of aliphatic carboxylic acids is 1. The van der Waals surface area contributed by atoms with Crippen molar-refractivity contribution in [2.45, 2.75) is 12.8 Å². The normalized spacial score (nSPS) is 15.9. The second-order valence-corrected chi connectivity index (χ2v) is 4.41. The number of rotatable bonds is 4. The van der Waals surface area contributed by atoms with Gasteiger partial charge >= 0.3 is 11.7 Å². The summed E-state index contributed by atoms with van der Waals surface area (Å²) in [6, 6.07) is 0. The van der Waals surface area contributed by atoms with E-state index in [1.165, 1.54) is 13.4 Å². The van der Waals surface area contributed by atoms with Gasteiger partial charge in [0.1, 0.15) is 6.33 Å². The Balaban J connectivity index is 2.26. The predicted octanol–water partition coefficient (Wildman–Crippen LogP) is 0.694. The first kappa shape index (κ1) is 14.0. The molecule has 20 heavy (non-hydrogen) atoms. The van der Waals surface area contributed by atoms with Crippen molar-refractivity contribution < 1.29 is 19.6 Å². The molecule has 2 rings (SSSR count). The van der Waals surface area contributed by atoms with Gasteiger partial charge in [0.25, 0.3) is 5.88 Å². The molecule has 9 nitrogen and oxygen atoms in total. The van der Waals surface area contributed by atoms with Gasteiger partial charge in [-0.05, 0) is 12.8 Å². The fourth-order valence-electron chi connectivity index (χ4n) is 2.23. The number of carboxylic acid groups (broad SMARTS) is 1. The van der Waals surface area contributed by atoms with E-state index in [2.05, 4.69) is 9.97 Å². The zero-order chi connectivity index (χ0) is 14.7. The highest BCUT2D eigenvalue weighted by Crippen LogP contribution is 2.34. The van der Waals surface area contributed by atoms with Crippen molar-refractivity contribution in [3.8, 4) is 5.88 Å². The maximum Gasteiger partial charge on any atom is 0.372 e. The summed E-state index contributed by atoms with van der Waals surface area (Å²) in [5, 5.41) is 20.1. The standard InChI is InChI=1S/C11H14N4O5/c1-20-10-8(15(18)19)9(12-6-13-10)14-4-2-7(3-5-14)11(16)17/h6-7H,2-5H2,1H3,(H,16,17). The first-order valence-electron chi connectivity index (χ1n) is 6.05. The van der Waals surface area contributed by atoms with Crippen molar-refractivity contribution in [1.29, 1.82) is 0 Å². The fraction of sp³-hybridized carbons (Fsp3) is 0.545. The fourth-order valence-corrected chi connectivity index (χ4v) is 2.23. The first-order chi connectivity index (χ1) is 9.54. The van der Waals surface area contributed by atoms with Crippen LogP contribution >= 0.6 is 0 Å². The Kier molecular flexibility index (Phi) is 3.97. The van der Waals surface area contributed by atoms with Gasteiger partial charge in [0.05, 0.1) is 18.0 Å². The smallest absolute Gasteiger partial charge is 0.372 e. The van der Waals surface area contributed by atoms with Crippen LogP contribution in [0.1, 0.15) is 12.8 Å². The highest BCUT2D eigenvalue weighted by atomic mass is 16.6. The molecule has 1 aliphatic heterocycles. The van der Waals surface area contributed by atoms with Crippen LogP contribution in [-0.2, 0) is 4.79 Å². The zero-order valence-electron chi connectivity index (χ0n) is 10.9. The number of nitro groups is 1. The summed E-state index contributed by atoms with van der Waals surface area (Å²) in [6.07, 6.45) is 2.06. The highest BCUT2D eigenvalue weighted by molar-refractivity contribution is 5.71. The lowest BCUT2D eigenvalue weighted by Gasteiger charge is -2.30. The monoisotopic (exact) mass is 282 g/mol. The van der Waals surface area contributed by atoms with E-state index in [1.807, 2.05) is 0 Å². The van der Waals surface area contributed by atoms with Crippen LogP contribution in [0.3, 0.4) is 0 Å². The van der Waals surface area contributed by atoms with Crippen LogP contribution in [0.4, 0.5) is 11.5 Å². The molecule has 1 aromatic rings. The van der Waals surface area contributed by atoms with E-state index in [0.29, 0.717) is 25.9 Å². The van der Waals surface area contributed by atoms with Gasteiger partial charge in [0.15, 0.2) is 0 Å². The zero-order valence-corrected chi connectivity index (χ0v) is 10.9. The van der Waals surface area contributed by atoms with Gasteiger partial charge in [0, 0.05) is 13.1 Å². The molecule has 0 amide bonds. The summed E-state index contributed by atoms with van der Waals surface area (Å²) in [4.78, 5) is 30.8. The Labute approximate surface area is 114 Å². The average Bonchev–Trinajstić information content (AvgIpc) is 2.46. The second-order valence-electron chi connectivity index (χ2n) is 4.41. The molecule has 1 aromatic heterocycles. The number of carbonyl (C=O) groups is 1. The summed E-state index contributed by atoms with van der Waals surface area (Å²) in [7, 11) is 1.30. The van der Waals surface area contributed by atoms with Crippen molar-refractivity contribution in [2.75, 3.05) is 25.1 Å². The topological polar surface area (TPSA) is 119 Å². The number of anilines is 1. The Morgan fingerprint density at radius 3 is 2.65 bits per heavy atom. The van der Waals surface area contributed by atoms with Crippen LogP contribution in [0.2, 0.25) is 0 Å². The number of methoxy groups -OCH3 is 1. The molecule has 1 saturated heterocycles. The molecule has 0 spiro atoms. The Morgan fingerprint density at radius 1 is 1.50 bits per heavy atom. The molecule has 1 aliphatic rings. The third-order valence-corrected chi connectivity index (χ3v) is 3.29. The summed E-state index contributed by atoms with van der Waals surface area (Å²) < 4.78 is 4.88. The largest absolute Gasteiger partial charge is 0.481 e. The van der Waals surface area contributed by atoms with Crippen molar-refractivity contribution in [1.82, 2.24) is 9.97 Å². The molecule has 2 heterocycles. The molecular formula is C11H14N4O5. The van der Waals surface area contributed by atoms with E-state index < -0.39 is 16.8 Å². The van der Waals surface area contributed by atoms with E-state index in [9.17, 15) is 14.9 Å². The number of carboxylic acids is 1. The van der Waals surface area contributed by atoms with Crippen LogP contribution in [0, 0.1) is 16.0 Å².